The van der Waals surface area contributed by atoms with Gasteiger partial charge in [0.2, 0.25) is 0 Å². The Hall–Kier alpha value is -3.38. The number of nitrogens with two attached hydrogens (primary N) is 1. The number of H-pyrrole nitrogens is 2. The lowest BCUT2D eigenvalue weighted by Gasteiger charge is -2.15. The van der Waals surface area contributed by atoms with Crippen LogP contribution < -0.4 is 16.9 Å². The van der Waals surface area contributed by atoms with Gasteiger partial charge in [-0.25, -0.2) is 0 Å². The van der Waals surface area contributed by atoms with E-state index in [0.717, 1.165) is 16.7 Å². The number of aromatic amines is 2. The number of aromatic hydroxyl groups is 1. The van der Waals surface area contributed by atoms with Crippen LogP contribution in [-0.4, -0.2) is 21.6 Å². The number of phenolic OH excluding ortho intramolecular Hbond substituents is 1. The Morgan fingerprint density at radius 2 is 1.79 bits per heavy atom. The smallest absolute Gasteiger partial charge is 0.261 e. The maximum atomic E-state index is 12.5. The number of benzene rings is 2. The molecule has 1 atom stereocenters. The molecule has 6 heteroatoms. The monoisotopic (exact) mass is 375 g/mol. The Labute approximate surface area is 160 Å². The molecule has 0 aliphatic heterocycles. The highest BCUT2D eigenvalue weighted by Gasteiger charge is 2.18. The molecular formula is C22H21N3O3. The minimum atomic E-state index is -0.459. The van der Waals surface area contributed by atoms with E-state index in [1.165, 1.54) is 6.20 Å². The molecule has 0 fully saturated rings. The summed E-state index contributed by atoms with van der Waals surface area (Å²) < 4.78 is 0. The van der Waals surface area contributed by atoms with Crippen molar-refractivity contribution in [3.63, 3.8) is 0 Å². The lowest BCUT2D eigenvalue weighted by Crippen LogP contribution is -2.18. The normalized spacial score (nSPS) is 12.5. The fourth-order valence-corrected chi connectivity index (χ4v) is 3.72. The molecule has 5 N–H and O–H groups in total. The van der Waals surface area contributed by atoms with Gasteiger partial charge in [-0.1, -0.05) is 31.2 Å². The molecule has 0 aliphatic rings. The molecule has 0 radical (unpaired) electrons. The van der Waals surface area contributed by atoms with Gasteiger partial charge in [0.15, 0.2) is 0 Å². The third-order valence-electron chi connectivity index (χ3n) is 5.32. The van der Waals surface area contributed by atoms with Crippen LogP contribution in [0, 0.1) is 6.92 Å². The molecular weight excluding hydrogens is 354 g/mol. The van der Waals surface area contributed by atoms with E-state index in [1.807, 2.05) is 31.2 Å². The van der Waals surface area contributed by atoms with Crippen LogP contribution in [0.4, 0.5) is 0 Å². The van der Waals surface area contributed by atoms with Crippen LogP contribution in [0.2, 0.25) is 0 Å². The summed E-state index contributed by atoms with van der Waals surface area (Å²) in [5.74, 6) is 0.325. The van der Waals surface area contributed by atoms with Crippen molar-refractivity contribution in [2.24, 2.45) is 5.73 Å². The summed E-state index contributed by atoms with van der Waals surface area (Å²) in [5, 5.41) is 12.0. The van der Waals surface area contributed by atoms with Crippen LogP contribution in [-0.2, 0) is 0 Å². The lowest BCUT2D eigenvalue weighted by atomic mass is 9.92. The van der Waals surface area contributed by atoms with Crippen molar-refractivity contribution in [1.82, 2.24) is 9.97 Å². The van der Waals surface area contributed by atoms with E-state index in [0.29, 0.717) is 28.4 Å². The van der Waals surface area contributed by atoms with Crippen LogP contribution in [0.15, 0.2) is 52.2 Å². The number of fused-ring (bicyclic) bond motifs is 3. The zero-order valence-electron chi connectivity index (χ0n) is 15.7. The molecule has 2 aromatic carbocycles. The predicted molar refractivity (Wildman–Crippen MR) is 112 cm³/mol. The second-order valence-corrected chi connectivity index (χ2v) is 7.15. The van der Waals surface area contributed by atoms with Crippen LogP contribution >= 0.6 is 0 Å². The predicted octanol–water partition coefficient (Wildman–Crippen LogP) is 3.11. The van der Waals surface area contributed by atoms with Gasteiger partial charge in [0.25, 0.3) is 11.1 Å². The lowest BCUT2D eigenvalue weighted by molar-refractivity contribution is 0.477. The Morgan fingerprint density at radius 3 is 2.46 bits per heavy atom. The molecule has 0 amide bonds. The molecule has 2 aromatic heterocycles. The van der Waals surface area contributed by atoms with E-state index in [4.69, 9.17) is 5.73 Å². The maximum Gasteiger partial charge on any atom is 0.261 e. The second-order valence-electron chi connectivity index (χ2n) is 7.15. The highest BCUT2D eigenvalue weighted by Crippen LogP contribution is 2.40. The Balaban J connectivity index is 2.13. The molecule has 0 saturated heterocycles. The van der Waals surface area contributed by atoms with E-state index < -0.39 is 11.1 Å². The number of phenols is 1. The molecule has 0 bridgehead atoms. The number of pyridine rings is 2. The molecule has 0 saturated carbocycles. The van der Waals surface area contributed by atoms with E-state index in [9.17, 15) is 14.7 Å². The molecule has 0 aliphatic carbocycles. The largest absolute Gasteiger partial charge is 0.507 e. The summed E-state index contributed by atoms with van der Waals surface area (Å²) in [4.78, 5) is 30.1. The molecule has 6 nitrogen and oxygen atoms in total. The molecule has 142 valence electrons. The van der Waals surface area contributed by atoms with E-state index in [-0.39, 0.29) is 17.1 Å². The van der Waals surface area contributed by atoms with Crippen LogP contribution in [0.1, 0.15) is 24.0 Å². The van der Waals surface area contributed by atoms with Gasteiger partial charge in [-0.2, -0.15) is 0 Å². The quantitative estimate of drug-likeness (QED) is 0.412. The fourth-order valence-electron chi connectivity index (χ4n) is 3.72. The van der Waals surface area contributed by atoms with Gasteiger partial charge >= 0.3 is 0 Å². The third-order valence-corrected chi connectivity index (χ3v) is 5.32. The summed E-state index contributed by atoms with van der Waals surface area (Å²) in [6, 6.07) is 11.1. The van der Waals surface area contributed by atoms with Gasteiger partial charge in [-0.05, 0) is 48.2 Å². The summed E-state index contributed by atoms with van der Waals surface area (Å²) >= 11 is 0. The number of nitrogens with one attached hydrogen (secondary N) is 2. The number of rotatable bonds is 3. The SMILES string of the molecule is Cc1cc(O)c(-c2ccc(C(C)CN)cc2)c2c1[nH]c(=O)c1c(=O)[nH]ccc12. The molecule has 28 heavy (non-hydrogen) atoms. The van der Waals surface area contributed by atoms with Gasteiger partial charge in [-0.15, -0.1) is 0 Å². The molecule has 4 rings (SSSR count). The van der Waals surface area contributed by atoms with E-state index in [1.54, 1.807) is 12.1 Å². The first-order valence-electron chi connectivity index (χ1n) is 9.12. The number of aromatic nitrogens is 2. The van der Waals surface area contributed by atoms with Crippen molar-refractivity contribution in [2.45, 2.75) is 19.8 Å². The van der Waals surface area contributed by atoms with Gasteiger partial charge in [-0.3, -0.25) is 9.59 Å². The molecule has 2 heterocycles. The summed E-state index contributed by atoms with van der Waals surface area (Å²) in [6.45, 7) is 4.41. The van der Waals surface area contributed by atoms with E-state index >= 15 is 0 Å². The van der Waals surface area contributed by atoms with Gasteiger partial charge in [0.1, 0.15) is 11.1 Å². The van der Waals surface area contributed by atoms with Gasteiger partial charge in [0.05, 0.1) is 5.52 Å². The first-order chi connectivity index (χ1) is 13.4. The van der Waals surface area contributed by atoms with Crippen molar-refractivity contribution in [3.05, 3.63) is 74.4 Å². The number of aryl methyl sites for hydroxylation is 1. The fraction of sp³-hybridized carbons (Fsp3) is 0.182. The van der Waals surface area contributed by atoms with Crippen LogP contribution in [0.3, 0.4) is 0 Å². The van der Waals surface area contributed by atoms with Crippen molar-refractivity contribution >= 4 is 21.7 Å². The minimum Gasteiger partial charge on any atom is -0.507 e. The zero-order chi connectivity index (χ0) is 20.0. The number of hydrogen-bond acceptors (Lipinski definition) is 4. The average Bonchev–Trinajstić information content (AvgIpc) is 2.68. The van der Waals surface area contributed by atoms with Crippen molar-refractivity contribution in [3.8, 4) is 16.9 Å². The number of hydrogen-bond donors (Lipinski definition) is 4. The molecule has 0 spiro atoms. The van der Waals surface area contributed by atoms with Crippen LogP contribution in [0.25, 0.3) is 32.8 Å². The van der Waals surface area contributed by atoms with Crippen molar-refractivity contribution in [1.29, 1.82) is 0 Å². The standard InChI is InChI=1S/C22H21N3O3/c1-11-9-16(26)17(14-5-3-13(4-6-14)12(2)10-23)18-15-7-8-24-21(27)19(15)22(28)25-20(11)18/h3-9,12,26H,10,23H2,1-2H3,(H,24,27)(H,25,28). The Bertz CT molecular complexity index is 1320. The first kappa shape index (κ1) is 18.0. The van der Waals surface area contributed by atoms with Gasteiger partial charge < -0.3 is 20.8 Å². The van der Waals surface area contributed by atoms with Crippen molar-refractivity contribution in [2.75, 3.05) is 6.54 Å². The van der Waals surface area contributed by atoms with Crippen molar-refractivity contribution < 1.29 is 5.11 Å². The zero-order valence-corrected chi connectivity index (χ0v) is 15.7. The first-order valence-corrected chi connectivity index (χ1v) is 9.12. The maximum absolute atomic E-state index is 12.5. The topological polar surface area (TPSA) is 112 Å². The molecule has 4 aromatic rings. The average molecular weight is 375 g/mol. The summed E-state index contributed by atoms with van der Waals surface area (Å²) in [5.41, 5.74) is 8.67. The van der Waals surface area contributed by atoms with E-state index in [2.05, 4.69) is 16.9 Å². The van der Waals surface area contributed by atoms with Crippen LogP contribution in [0.5, 0.6) is 5.75 Å². The Morgan fingerprint density at radius 1 is 1.07 bits per heavy atom. The summed E-state index contributed by atoms with van der Waals surface area (Å²) in [7, 11) is 0. The highest BCUT2D eigenvalue weighted by atomic mass is 16.3. The molecule has 1 unspecified atom stereocenters. The second kappa shape index (κ2) is 6.65. The highest BCUT2D eigenvalue weighted by molar-refractivity contribution is 6.14. The van der Waals surface area contributed by atoms with Gasteiger partial charge in [0, 0.05) is 22.5 Å². The third kappa shape index (κ3) is 2.70. The summed E-state index contributed by atoms with van der Waals surface area (Å²) in [6.07, 6.45) is 1.51. The minimum absolute atomic E-state index is 0.0506. The Kier molecular flexibility index (Phi) is 4.28.